The molecule has 0 N–H and O–H groups in total. The number of anilines is 1. The van der Waals surface area contributed by atoms with Gasteiger partial charge in [0.1, 0.15) is 5.92 Å². The number of rotatable bonds is 2. The Morgan fingerprint density at radius 1 is 1.38 bits per heavy atom. The van der Waals surface area contributed by atoms with E-state index >= 15 is 0 Å². The predicted octanol–water partition coefficient (Wildman–Crippen LogP) is 2.02. The molecule has 1 atom stereocenters. The van der Waals surface area contributed by atoms with Crippen LogP contribution in [0, 0.1) is 5.92 Å². The van der Waals surface area contributed by atoms with Crippen LogP contribution in [0.15, 0.2) is 35.4 Å². The van der Waals surface area contributed by atoms with Gasteiger partial charge in [-0.3, -0.25) is 4.79 Å². The maximum atomic E-state index is 11.9. The summed E-state index contributed by atoms with van der Waals surface area (Å²) in [5.74, 6) is 0.158. The third-order valence-electron chi connectivity index (χ3n) is 2.44. The zero-order valence-electron chi connectivity index (χ0n) is 9.38. The van der Waals surface area contributed by atoms with Crippen LogP contribution in [-0.2, 0) is 9.53 Å². The number of para-hydroxylation sites is 1. The highest BCUT2D eigenvalue weighted by Crippen LogP contribution is 2.23. The number of carbonyl (C=O) groups excluding carboxylic acids is 1. The SMILES string of the molecule is CCOC1=NN(c2ccccc2)C(=O)C1C. The van der Waals surface area contributed by atoms with Crippen molar-refractivity contribution in [3.8, 4) is 0 Å². The molecule has 0 bridgehead atoms. The van der Waals surface area contributed by atoms with Gasteiger partial charge in [0.2, 0.25) is 5.90 Å². The molecule has 4 nitrogen and oxygen atoms in total. The zero-order valence-corrected chi connectivity index (χ0v) is 9.38. The Bertz CT molecular complexity index is 414. The molecular formula is C12H14N2O2. The minimum atomic E-state index is -0.292. The minimum Gasteiger partial charge on any atom is -0.479 e. The van der Waals surface area contributed by atoms with Crippen molar-refractivity contribution in [1.29, 1.82) is 0 Å². The lowest BCUT2D eigenvalue weighted by molar-refractivity contribution is -0.119. The van der Waals surface area contributed by atoms with Gasteiger partial charge in [-0.05, 0) is 26.0 Å². The normalized spacial score (nSPS) is 19.9. The summed E-state index contributed by atoms with van der Waals surface area (Å²) in [7, 11) is 0. The average Bonchev–Trinajstić information content (AvgIpc) is 2.59. The highest BCUT2D eigenvalue weighted by molar-refractivity contribution is 6.12. The van der Waals surface area contributed by atoms with Crippen LogP contribution in [0.3, 0.4) is 0 Å². The highest BCUT2D eigenvalue weighted by atomic mass is 16.5. The van der Waals surface area contributed by atoms with Crippen molar-refractivity contribution in [2.24, 2.45) is 11.0 Å². The largest absolute Gasteiger partial charge is 0.479 e. The van der Waals surface area contributed by atoms with Gasteiger partial charge in [0.05, 0.1) is 12.3 Å². The van der Waals surface area contributed by atoms with Crippen LogP contribution in [0.2, 0.25) is 0 Å². The van der Waals surface area contributed by atoms with Crippen molar-refractivity contribution in [1.82, 2.24) is 0 Å². The first-order valence-corrected chi connectivity index (χ1v) is 5.34. The van der Waals surface area contributed by atoms with Crippen LogP contribution >= 0.6 is 0 Å². The van der Waals surface area contributed by atoms with Gasteiger partial charge >= 0.3 is 0 Å². The second-order valence-corrected chi connectivity index (χ2v) is 3.58. The highest BCUT2D eigenvalue weighted by Gasteiger charge is 2.34. The topological polar surface area (TPSA) is 41.9 Å². The van der Waals surface area contributed by atoms with E-state index in [1.54, 1.807) is 6.92 Å². The van der Waals surface area contributed by atoms with E-state index < -0.39 is 0 Å². The first kappa shape index (κ1) is 10.7. The second-order valence-electron chi connectivity index (χ2n) is 3.58. The average molecular weight is 218 g/mol. The van der Waals surface area contributed by atoms with Crippen molar-refractivity contribution in [2.45, 2.75) is 13.8 Å². The summed E-state index contributed by atoms with van der Waals surface area (Å²) in [6, 6.07) is 9.36. The Labute approximate surface area is 94.5 Å². The van der Waals surface area contributed by atoms with Crippen molar-refractivity contribution in [2.75, 3.05) is 11.6 Å². The number of benzene rings is 1. The van der Waals surface area contributed by atoms with Crippen LogP contribution in [0.5, 0.6) is 0 Å². The fourth-order valence-corrected chi connectivity index (χ4v) is 1.58. The summed E-state index contributed by atoms with van der Waals surface area (Å²) in [6.45, 7) is 4.21. The molecule has 1 aromatic carbocycles. The van der Waals surface area contributed by atoms with E-state index in [1.807, 2.05) is 37.3 Å². The van der Waals surface area contributed by atoms with Crippen LogP contribution in [0.25, 0.3) is 0 Å². The fraction of sp³-hybridized carbons (Fsp3) is 0.333. The van der Waals surface area contributed by atoms with Crippen LogP contribution < -0.4 is 5.01 Å². The van der Waals surface area contributed by atoms with Gasteiger partial charge in [-0.2, -0.15) is 5.01 Å². The summed E-state index contributed by atoms with van der Waals surface area (Å²) < 4.78 is 5.32. The molecule has 16 heavy (non-hydrogen) atoms. The van der Waals surface area contributed by atoms with E-state index in [-0.39, 0.29) is 11.8 Å². The number of hydrogen-bond acceptors (Lipinski definition) is 3. The number of ether oxygens (including phenoxy) is 1. The zero-order chi connectivity index (χ0) is 11.5. The molecule has 2 rings (SSSR count). The van der Waals surface area contributed by atoms with Gasteiger partial charge in [0.25, 0.3) is 5.91 Å². The summed E-state index contributed by atoms with van der Waals surface area (Å²) in [5, 5.41) is 5.59. The minimum absolute atomic E-state index is 0.0466. The van der Waals surface area contributed by atoms with Crippen molar-refractivity contribution in [3.63, 3.8) is 0 Å². The Kier molecular flexibility index (Phi) is 2.90. The maximum absolute atomic E-state index is 11.9. The number of hydrogen-bond donors (Lipinski definition) is 0. The molecule has 4 heteroatoms. The summed E-state index contributed by atoms with van der Waals surface area (Å²) in [5.41, 5.74) is 0.772. The molecule has 1 amide bonds. The molecule has 1 unspecified atom stereocenters. The molecule has 1 aromatic rings. The maximum Gasteiger partial charge on any atom is 0.259 e. The number of carbonyl (C=O) groups is 1. The number of amides is 1. The van der Waals surface area contributed by atoms with E-state index in [1.165, 1.54) is 5.01 Å². The Balaban J connectivity index is 2.27. The molecule has 0 radical (unpaired) electrons. The van der Waals surface area contributed by atoms with E-state index in [4.69, 9.17) is 4.74 Å². The third kappa shape index (κ3) is 1.78. The van der Waals surface area contributed by atoms with Crippen LogP contribution in [0.1, 0.15) is 13.8 Å². The molecule has 0 spiro atoms. The van der Waals surface area contributed by atoms with Gasteiger partial charge in [-0.15, -0.1) is 5.10 Å². The molecule has 1 aliphatic heterocycles. The lowest BCUT2D eigenvalue weighted by Crippen LogP contribution is -2.25. The van der Waals surface area contributed by atoms with E-state index in [2.05, 4.69) is 5.10 Å². The molecule has 0 aliphatic carbocycles. The first-order chi connectivity index (χ1) is 7.74. The second kappa shape index (κ2) is 4.35. The number of hydrazone groups is 1. The molecule has 1 heterocycles. The molecule has 84 valence electrons. The van der Waals surface area contributed by atoms with Crippen LogP contribution in [-0.4, -0.2) is 18.4 Å². The van der Waals surface area contributed by atoms with Gasteiger partial charge < -0.3 is 4.74 Å². The lowest BCUT2D eigenvalue weighted by atomic mass is 10.2. The van der Waals surface area contributed by atoms with Crippen molar-refractivity contribution < 1.29 is 9.53 Å². The van der Waals surface area contributed by atoms with Crippen molar-refractivity contribution >= 4 is 17.5 Å². The van der Waals surface area contributed by atoms with Gasteiger partial charge in [-0.25, -0.2) is 0 Å². The molecule has 0 fully saturated rings. The Hall–Kier alpha value is -1.84. The monoisotopic (exact) mass is 218 g/mol. The van der Waals surface area contributed by atoms with Crippen LogP contribution in [0.4, 0.5) is 5.69 Å². The van der Waals surface area contributed by atoms with Crippen molar-refractivity contribution in [3.05, 3.63) is 30.3 Å². The van der Waals surface area contributed by atoms with E-state index in [9.17, 15) is 4.79 Å². The molecule has 0 saturated heterocycles. The van der Waals surface area contributed by atoms with E-state index in [0.29, 0.717) is 12.5 Å². The third-order valence-corrected chi connectivity index (χ3v) is 2.44. The summed E-state index contributed by atoms with van der Waals surface area (Å²) in [6.07, 6.45) is 0. The number of nitrogens with zero attached hydrogens (tertiary/aromatic N) is 2. The summed E-state index contributed by atoms with van der Waals surface area (Å²) in [4.78, 5) is 11.9. The standard InChI is InChI=1S/C12H14N2O2/c1-3-16-11-9(2)12(15)14(13-11)10-7-5-4-6-8-10/h4-9H,3H2,1-2H3. The molecular weight excluding hydrogens is 204 g/mol. The quantitative estimate of drug-likeness (QED) is 0.762. The smallest absolute Gasteiger partial charge is 0.259 e. The Morgan fingerprint density at radius 3 is 2.69 bits per heavy atom. The first-order valence-electron chi connectivity index (χ1n) is 5.34. The molecule has 0 aromatic heterocycles. The van der Waals surface area contributed by atoms with Gasteiger partial charge in [-0.1, -0.05) is 18.2 Å². The lowest BCUT2D eigenvalue weighted by Gasteiger charge is -2.11. The Morgan fingerprint density at radius 2 is 2.06 bits per heavy atom. The summed E-state index contributed by atoms with van der Waals surface area (Å²) >= 11 is 0. The fourth-order valence-electron chi connectivity index (χ4n) is 1.58. The van der Waals surface area contributed by atoms with Gasteiger partial charge in [0, 0.05) is 0 Å². The predicted molar refractivity (Wildman–Crippen MR) is 62.2 cm³/mol. The molecule has 0 saturated carbocycles. The molecule has 1 aliphatic rings. The van der Waals surface area contributed by atoms with E-state index in [0.717, 1.165) is 5.69 Å². The van der Waals surface area contributed by atoms with Gasteiger partial charge in [0.15, 0.2) is 0 Å².